The van der Waals surface area contributed by atoms with E-state index >= 15 is 0 Å². The van der Waals surface area contributed by atoms with Crippen molar-refractivity contribution in [2.24, 2.45) is 0 Å². The minimum absolute atomic E-state index is 0.414. The molecule has 1 aliphatic heterocycles. The van der Waals surface area contributed by atoms with Crippen LogP contribution in [0.1, 0.15) is 18.1 Å². The molecule has 2 rings (SSSR count). The van der Waals surface area contributed by atoms with Gasteiger partial charge in [-0.15, -0.1) is 0 Å². The van der Waals surface area contributed by atoms with Crippen molar-refractivity contribution in [2.45, 2.75) is 18.7 Å². The van der Waals surface area contributed by atoms with Crippen molar-refractivity contribution >= 4 is 15.9 Å². The zero-order chi connectivity index (χ0) is 11.3. The molecule has 1 atom stereocenters. The van der Waals surface area contributed by atoms with Crippen molar-refractivity contribution < 1.29 is 17.9 Å². The molecule has 1 fully saturated rings. The summed E-state index contributed by atoms with van der Waals surface area (Å²) < 4.78 is 42.7. The van der Waals surface area contributed by atoms with Crippen LogP contribution in [0.5, 0.6) is 0 Å². The highest BCUT2D eigenvalue weighted by Gasteiger charge is 2.43. The monoisotopic (exact) mass is 280 g/mol. The normalized spacial score (nSPS) is 25.4. The third-order valence-corrected chi connectivity index (χ3v) is 3.10. The molecule has 0 amide bonds. The fourth-order valence-corrected chi connectivity index (χ4v) is 2.18. The van der Waals surface area contributed by atoms with E-state index in [4.69, 9.17) is 4.74 Å². The third-order valence-electron chi connectivity index (χ3n) is 2.44. The van der Waals surface area contributed by atoms with Crippen LogP contribution in [0.3, 0.4) is 0 Å². The van der Waals surface area contributed by atoms with Crippen LogP contribution < -0.4 is 0 Å². The summed E-state index contributed by atoms with van der Waals surface area (Å²) in [6, 6.07) is 3.62. The lowest BCUT2D eigenvalue weighted by molar-refractivity contribution is -0.137. The van der Waals surface area contributed by atoms with Crippen molar-refractivity contribution in [1.82, 2.24) is 0 Å². The van der Waals surface area contributed by atoms with Gasteiger partial charge in [-0.05, 0) is 19.1 Å². The standard InChI is InChI=1S/C10H8BrF3O/c1-9(5-15-9)7-3-2-6(4-8(7)11)10(12,13)14/h2-4H,5H2,1H3. The highest BCUT2D eigenvalue weighted by atomic mass is 79.9. The van der Waals surface area contributed by atoms with Crippen LogP contribution >= 0.6 is 15.9 Å². The zero-order valence-corrected chi connectivity index (χ0v) is 9.45. The molecule has 0 N–H and O–H groups in total. The summed E-state index contributed by atoms with van der Waals surface area (Å²) in [7, 11) is 0. The first-order valence-corrected chi connectivity index (χ1v) is 5.13. The molecule has 0 bridgehead atoms. The predicted octanol–water partition coefficient (Wildman–Crippen LogP) is 3.71. The average molecular weight is 281 g/mol. The van der Waals surface area contributed by atoms with Gasteiger partial charge in [0.1, 0.15) is 5.60 Å². The largest absolute Gasteiger partial charge is 0.416 e. The first-order chi connectivity index (χ1) is 6.83. The fourth-order valence-electron chi connectivity index (χ4n) is 1.38. The van der Waals surface area contributed by atoms with Crippen molar-refractivity contribution in [3.05, 3.63) is 33.8 Å². The summed E-state index contributed by atoms with van der Waals surface area (Å²) >= 11 is 3.14. The van der Waals surface area contributed by atoms with E-state index < -0.39 is 17.3 Å². The Hall–Kier alpha value is -0.550. The van der Waals surface area contributed by atoms with Crippen molar-refractivity contribution in [2.75, 3.05) is 6.61 Å². The van der Waals surface area contributed by atoms with Gasteiger partial charge in [-0.25, -0.2) is 0 Å². The van der Waals surface area contributed by atoms with Crippen LogP contribution in [0, 0.1) is 0 Å². The van der Waals surface area contributed by atoms with Gasteiger partial charge < -0.3 is 4.74 Å². The molecule has 5 heteroatoms. The summed E-state index contributed by atoms with van der Waals surface area (Å²) in [4.78, 5) is 0. The minimum atomic E-state index is -4.30. The molecule has 0 aliphatic carbocycles. The Kier molecular flexibility index (Phi) is 2.35. The molecule has 1 unspecified atom stereocenters. The predicted molar refractivity (Wildman–Crippen MR) is 52.4 cm³/mol. The molecule has 1 nitrogen and oxygen atoms in total. The third kappa shape index (κ3) is 2.03. The highest BCUT2D eigenvalue weighted by Crippen LogP contribution is 2.43. The average Bonchev–Trinajstić information content (AvgIpc) is 2.82. The van der Waals surface area contributed by atoms with Crippen LogP contribution in [-0.4, -0.2) is 6.61 Å². The molecule has 1 aromatic rings. The topological polar surface area (TPSA) is 12.5 Å². The van der Waals surface area contributed by atoms with Crippen molar-refractivity contribution in [1.29, 1.82) is 0 Å². The second-order valence-corrected chi connectivity index (χ2v) is 4.57. The maximum absolute atomic E-state index is 12.4. The Balaban J connectivity index is 2.40. The Bertz CT molecular complexity index is 396. The Morgan fingerprint density at radius 3 is 2.40 bits per heavy atom. The van der Waals surface area contributed by atoms with Crippen LogP contribution in [0.2, 0.25) is 0 Å². The molecule has 0 aromatic heterocycles. The van der Waals surface area contributed by atoms with Gasteiger partial charge >= 0.3 is 6.18 Å². The molecule has 0 radical (unpaired) electrons. The van der Waals surface area contributed by atoms with Gasteiger partial charge in [0, 0.05) is 10.0 Å². The van der Waals surface area contributed by atoms with Crippen molar-refractivity contribution in [3.8, 4) is 0 Å². The molecule has 1 heterocycles. The van der Waals surface area contributed by atoms with Gasteiger partial charge in [-0.1, -0.05) is 22.0 Å². The summed E-state index contributed by atoms with van der Waals surface area (Å²) in [6.45, 7) is 2.40. The smallest absolute Gasteiger partial charge is 0.365 e. The fraction of sp³-hybridized carbons (Fsp3) is 0.400. The van der Waals surface area contributed by atoms with Gasteiger partial charge in [-0.3, -0.25) is 0 Å². The van der Waals surface area contributed by atoms with Crippen molar-refractivity contribution in [3.63, 3.8) is 0 Å². The Morgan fingerprint density at radius 2 is 2.00 bits per heavy atom. The zero-order valence-electron chi connectivity index (χ0n) is 7.86. The number of rotatable bonds is 1. The van der Waals surface area contributed by atoms with E-state index in [2.05, 4.69) is 15.9 Å². The number of hydrogen-bond donors (Lipinski definition) is 0. The molecule has 0 spiro atoms. The highest BCUT2D eigenvalue weighted by molar-refractivity contribution is 9.10. The van der Waals surface area contributed by atoms with Crippen LogP contribution in [0.15, 0.2) is 22.7 Å². The maximum atomic E-state index is 12.4. The quantitative estimate of drug-likeness (QED) is 0.715. The van der Waals surface area contributed by atoms with Gasteiger partial charge in [-0.2, -0.15) is 13.2 Å². The number of alkyl halides is 3. The summed E-state index contributed by atoms with van der Waals surface area (Å²) in [5.74, 6) is 0. The first-order valence-electron chi connectivity index (χ1n) is 4.34. The van der Waals surface area contributed by atoms with E-state index in [1.165, 1.54) is 6.07 Å². The summed E-state index contributed by atoms with van der Waals surface area (Å²) in [6.07, 6.45) is -4.30. The molecule has 1 saturated heterocycles. The van der Waals surface area contributed by atoms with E-state index in [1.807, 2.05) is 6.92 Å². The second-order valence-electron chi connectivity index (χ2n) is 3.71. The Morgan fingerprint density at radius 1 is 1.40 bits per heavy atom. The SMILES string of the molecule is CC1(c2ccc(C(F)(F)F)cc2Br)CO1. The van der Waals surface area contributed by atoms with E-state index in [1.54, 1.807) is 0 Å². The van der Waals surface area contributed by atoms with Crippen LogP contribution in [0.4, 0.5) is 13.2 Å². The number of benzene rings is 1. The van der Waals surface area contributed by atoms with Gasteiger partial charge in [0.25, 0.3) is 0 Å². The maximum Gasteiger partial charge on any atom is 0.416 e. The van der Waals surface area contributed by atoms with E-state index in [9.17, 15) is 13.2 Å². The van der Waals surface area contributed by atoms with Gasteiger partial charge in [0.15, 0.2) is 0 Å². The minimum Gasteiger partial charge on any atom is -0.365 e. The van der Waals surface area contributed by atoms with Crippen LogP contribution in [0.25, 0.3) is 0 Å². The lowest BCUT2D eigenvalue weighted by Gasteiger charge is -2.12. The number of halogens is 4. The molecule has 0 saturated carbocycles. The lowest BCUT2D eigenvalue weighted by atomic mass is 10.0. The number of epoxide rings is 1. The molecule has 82 valence electrons. The second kappa shape index (κ2) is 3.22. The molecule has 1 aliphatic rings. The number of hydrogen-bond acceptors (Lipinski definition) is 1. The summed E-state index contributed by atoms with van der Waals surface area (Å²) in [5.41, 5.74) is -0.305. The summed E-state index contributed by atoms with van der Waals surface area (Å²) in [5, 5.41) is 0. The Labute approximate surface area is 93.4 Å². The molecular formula is C10H8BrF3O. The number of ether oxygens (including phenoxy) is 1. The molecular weight excluding hydrogens is 273 g/mol. The first kappa shape index (κ1) is 11.0. The van der Waals surface area contributed by atoms with Crippen LogP contribution in [-0.2, 0) is 16.5 Å². The van der Waals surface area contributed by atoms with E-state index in [-0.39, 0.29) is 0 Å². The van der Waals surface area contributed by atoms with Gasteiger partial charge in [0.05, 0.1) is 12.2 Å². The van der Waals surface area contributed by atoms with Gasteiger partial charge in [0.2, 0.25) is 0 Å². The van der Waals surface area contributed by atoms with E-state index in [0.29, 0.717) is 11.1 Å². The molecule has 1 aromatic carbocycles. The lowest BCUT2D eigenvalue weighted by Crippen LogP contribution is -2.08. The van der Waals surface area contributed by atoms with E-state index in [0.717, 1.165) is 17.7 Å². The molecule has 15 heavy (non-hydrogen) atoms.